The van der Waals surface area contributed by atoms with Crippen LogP contribution in [0.15, 0.2) is 78.9 Å². The molecule has 4 rings (SSSR count). The van der Waals surface area contributed by atoms with E-state index in [-0.39, 0.29) is 5.91 Å². The van der Waals surface area contributed by atoms with E-state index in [0.29, 0.717) is 23.4 Å². The van der Waals surface area contributed by atoms with E-state index >= 15 is 0 Å². The molecule has 1 aliphatic heterocycles. The highest BCUT2D eigenvalue weighted by molar-refractivity contribution is 6.02. The first kappa shape index (κ1) is 17.8. The quantitative estimate of drug-likeness (QED) is 0.680. The van der Waals surface area contributed by atoms with Crippen LogP contribution in [0.2, 0.25) is 0 Å². The number of hydrogen-bond acceptors (Lipinski definition) is 4. The molecule has 1 atom stereocenters. The number of para-hydroxylation sites is 1. The van der Waals surface area contributed by atoms with E-state index < -0.39 is 11.6 Å². The predicted molar refractivity (Wildman–Crippen MR) is 106 cm³/mol. The van der Waals surface area contributed by atoms with Crippen LogP contribution in [0.25, 0.3) is 0 Å². The number of anilines is 1. The van der Waals surface area contributed by atoms with Crippen LogP contribution in [0.1, 0.15) is 22.8 Å². The van der Waals surface area contributed by atoms with Crippen molar-refractivity contribution in [3.05, 3.63) is 90.0 Å². The highest BCUT2D eigenvalue weighted by atomic mass is 16.6. The van der Waals surface area contributed by atoms with Crippen molar-refractivity contribution in [1.29, 1.82) is 0 Å². The van der Waals surface area contributed by atoms with E-state index in [2.05, 4.69) is 5.32 Å². The molecule has 28 heavy (non-hydrogen) atoms. The third kappa shape index (κ3) is 3.60. The van der Waals surface area contributed by atoms with Gasteiger partial charge < -0.3 is 14.8 Å². The van der Waals surface area contributed by atoms with Gasteiger partial charge in [0.15, 0.2) is 5.60 Å². The zero-order valence-corrected chi connectivity index (χ0v) is 15.3. The zero-order chi connectivity index (χ0) is 19.6. The van der Waals surface area contributed by atoms with Crippen LogP contribution in [0, 0.1) is 0 Å². The van der Waals surface area contributed by atoms with Crippen LogP contribution in [-0.2, 0) is 16.0 Å². The number of esters is 1. The fourth-order valence-corrected chi connectivity index (χ4v) is 3.15. The van der Waals surface area contributed by atoms with Crippen molar-refractivity contribution in [2.24, 2.45) is 0 Å². The van der Waals surface area contributed by atoms with Crippen molar-refractivity contribution in [2.45, 2.75) is 18.9 Å². The second-order valence-electron chi connectivity index (χ2n) is 6.85. The van der Waals surface area contributed by atoms with Gasteiger partial charge >= 0.3 is 5.97 Å². The Morgan fingerprint density at radius 2 is 1.57 bits per heavy atom. The van der Waals surface area contributed by atoms with Crippen molar-refractivity contribution in [2.75, 3.05) is 5.32 Å². The van der Waals surface area contributed by atoms with E-state index in [4.69, 9.17) is 9.47 Å². The van der Waals surface area contributed by atoms with Gasteiger partial charge in [-0.1, -0.05) is 36.4 Å². The summed E-state index contributed by atoms with van der Waals surface area (Å²) in [5.74, 6) is 0.547. The number of benzene rings is 3. The molecule has 0 saturated heterocycles. The second kappa shape index (κ2) is 7.19. The number of hydrogen-bond donors (Lipinski definition) is 1. The summed E-state index contributed by atoms with van der Waals surface area (Å²) < 4.78 is 11.2. The maximum atomic E-state index is 12.8. The number of nitrogens with one attached hydrogen (secondary N) is 1. The summed E-state index contributed by atoms with van der Waals surface area (Å²) in [5, 5.41) is 2.82. The van der Waals surface area contributed by atoms with Crippen molar-refractivity contribution in [3.8, 4) is 11.5 Å². The summed E-state index contributed by atoms with van der Waals surface area (Å²) in [6.45, 7) is 1.63. The van der Waals surface area contributed by atoms with Crippen molar-refractivity contribution >= 4 is 17.6 Å². The summed E-state index contributed by atoms with van der Waals surface area (Å²) in [5.41, 5.74) is 0.657. The molecular formula is C23H19NO4. The molecule has 5 heteroatoms. The molecule has 0 aromatic heterocycles. The number of carbonyl (C=O) groups excluding carboxylic acids is 2. The molecule has 3 aromatic carbocycles. The van der Waals surface area contributed by atoms with E-state index in [0.717, 1.165) is 11.3 Å². The Morgan fingerprint density at radius 3 is 2.32 bits per heavy atom. The van der Waals surface area contributed by atoms with Gasteiger partial charge in [0, 0.05) is 12.1 Å². The van der Waals surface area contributed by atoms with Gasteiger partial charge in [0.05, 0.1) is 5.56 Å². The van der Waals surface area contributed by atoms with Crippen LogP contribution in [0.4, 0.5) is 5.69 Å². The van der Waals surface area contributed by atoms with E-state index in [9.17, 15) is 9.59 Å². The molecule has 0 bridgehead atoms. The Labute approximate surface area is 162 Å². The largest absolute Gasteiger partial charge is 0.457 e. The molecule has 140 valence electrons. The fraction of sp³-hybridized carbons (Fsp3) is 0.130. The number of rotatable bonds is 4. The standard InChI is InChI=1S/C23H19NO4/c1-23(15-16-7-5-6-10-20(16)21(25)28-23)22(26)24-17-11-13-19(14-12-17)27-18-8-3-2-4-9-18/h2-14H,15H2,1H3,(H,24,26)/t23-/m1/s1. The first-order valence-corrected chi connectivity index (χ1v) is 8.99. The topological polar surface area (TPSA) is 64.6 Å². The highest BCUT2D eigenvalue weighted by Crippen LogP contribution is 2.30. The van der Waals surface area contributed by atoms with Crippen LogP contribution >= 0.6 is 0 Å². The van der Waals surface area contributed by atoms with E-state index in [1.165, 1.54) is 0 Å². The van der Waals surface area contributed by atoms with Gasteiger partial charge in [-0.3, -0.25) is 4.79 Å². The Balaban J connectivity index is 1.46. The maximum absolute atomic E-state index is 12.8. The third-order valence-corrected chi connectivity index (χ3v) is 4.65. The minimum Gasteiger partial charge on any atom is -0.457 e. The van der Waals surface area contributed by atoms with Gasteiger partial charge in [0.25, 0.3) is 5.91 Å². The lowest BCUT2D eigenvalue weighted by atomic mass is 9.89. The molecule has 3 aromatic rings. The molecule has 0 fully saturated rings. The van der Waals surface area contributed by atoms with Crippen LogP contribution in [-0.4, -0.2) is 17.5 Å². The van der Waals surface area contributed by atoms with Crippen molar-refractivity contribution < 1.29 is 19.1 Å². The first-order valence-electron chi connectivity index (χ1n) is 8.99. The molecule has 0 saturated carbocycles. The summed E-state index contributed by atoms with van der Waals surface area (Å²) >= 11 is 0. The van der Waals surface area contributed by atoms with E-state index in [1.54, 1.807) is 43.3 Å². The highest BCUT2D eigenvalue weighted by Gasteiger charge is 2.42. The molecular weight excluding hydrogens is 354 g/mol. The average molecular weight is 373 g/mol. The molecule has 0 aliphatic carbocycles. The van der Waals surface area contributed by atoms with Gasteiger partial charge in [-0.25, -0.2) is 4.79 Å². The second-order valence-corrected chi connectivity index (χ2v) is 6.85. The zero-order valence-electron chi connectivity index (χ0n) is 15.3. The summed E-state index contributed by atoms with van der Waals surface area (Å²) in [7, 11) is 0. The van der Waals surface area contributed by atoms with Crippen LogP contribution in [0.5, 0.6) is 11.5 Å². The Morgan fingerprint density at radius 1 is 0.929 bits per heavy atom. The summed E-state index contributed by atoms with van der Waals surface area (Å²) in [4.78, 5) is 25.1. The fourth-order valence-electron chi connectivity index (χ4n) is 3.15. The van der Waals surface area contributed by atoms with Crippen LogP contribution in [0.3, 0.4) is 0 Å². The lowest BCUT2D eigenvalue weighted by molar-refractivity contribution is -0.134. The first-order chi connectivity index (χ1) is 13.5. The number of fused-ring (bicyclic) bond motifs is 1. The Hall–Kier alpha value is -3.60. The van der Waals surface area contributed by atoms with Gasteiger partial charge in [-0.15, -0.1) is 0 Å². The number of amides is 1. The molecule has 1 amide bonds. The average Bonchev–Trinajstić information content (AvgIpc) is 2.70. The van der Waals surface area contributed by atoms with Crippen LogP contribution < -0.4 is 10.1 Å². The van der Waals surface area contributed by atoms with Gasteiger partial charge in [-0.05, 0) is 55.0 Å². The molecule has 1 N–H and O–H groups in total. The normalized spacial score (nSPS) is 18.0. The SMILES string of the molecule is C[C@]1(C(=O)Nc2ccc(Oc3ccccc3)cc2)Cc2ccccc2C(=O)O1. The lowest BCUT2D eigenvalue weighted by Crippen LogP contribution is -2.48. The Bertz CT molecular complexity index is 1010. The summed E-state index contributed by atoms with van der Waals surface area (Å²) in [6.07, 6.45) is 0.329. The molecule has 0 spiro atoms. The predicted octanol–water partition coefficient (Wildman–Crippen LogP) is 4.59. The van der Waals surface area contributed by atoms with Crippen molar-refractivity contribution in [3.63, 3.8) is 0 Å². The number of ether oxygens (including phenoxy) is 2. The molecule has 1 heterocycles. The van der Waals surface area contributed by atoms with Gasteiger partial charge in [-0.2, -0.15) is 0 Å². The van der Waals surface area contributed by atoms with Gasteiger partial charge in [0.1, 0.15) is 11.5 Å². The molecule has 0 unspecified atom stereocenters. The van der Waals surface area contributed by atoms with E-state index in [1.807, 2.05) is 42.5 Å². The monoisotopic (exact) mass is 373 g/mol. The number of carbonyl (C=O) groups is 2. The molecule has 0 radical (unpaired) electrons. The minimum absolute atomic E-state index is 0.329. The van der Waals surface area contributed by atoms with Crippen molar-refractivity contribution in [1.82, 2.24) is 0 Å². The smallest absolute Gasteiger partial charge is 0.339 e. The maximum Gasteiger partial charge on any atom is 0.339 e. The lowest BCUT2D eigenvalue weighted by Gasteiger charge is -2.33. The Kier molecular flexibility index (Phi) is 4.57. The third-order valence-electron chi connectivity index (χ3n) is 4.65. The number of cyclic esters (lactones) is 1. The molecule has 5 nitrogen and oxygen atoms in total. The molecule has 1 aliphatic rings. The minimum atomic E-state index is -1.26. The van der Waals surface area contributed by atoms with Gasteiger partial charge in [0.2, 0.25) is 0 Å². The summed E-state index contributed by atoms with van der Waals surface area (Å²) in [6, 6.07) is 23.7.